The minimum Gasteiger partial charge on any atom is -0.0843 e. The second-order valence-electron chi connectivity index (χ2n) is 8.47. The Hall–Kier alpha value is -0.425. The second-order valence-corrected chi connectivity index (χ2v) is 8.90. The highest BCUT2D eigenvalue weighted by atomic mass is 35.5. The Balaban J connectivity index is 2.78. The molecular formula is C25H44BCl. The molecule has 0 aliphatic heterocycles. The van der Waals surface area contributed by atoms with Crippen molar-refractivity contribution in [3.05, 3.63) is 34.9 Å². The van der Waals surface area contributed by atoms with Crippen LogP contribution in [-0.2, 0) is 0 Å². The zero-order valence-electron chi connectivity index (χ0n) is 18.4. The number of unbranched alkanes of at least 4 members (excludes halogenated alkanes) is 9. The fourth-order valence-electron chi connectivity index (χ4n) is 4.39. The smallest absolute Gasteiger partial charge is 0.0843 e. The van der Waals surface area contributed by atoms with Crippen molar-refractivity contribution in [2.24, 2.45) is 0 Å². The molecule has 27 heavy (non-hydrogen) atoms. The second kappa shape index (κ2) is 16.5. The molecule has 154 valence electrons. The van der Waals surface area contributed by atoms with E-state index in [1.54, 1.807) is 0 Å². The molecule has 0 fully saturated rings. The summed E-state index contributed by atoms with van der Waals surface area (Å²) in [6, 6.07) is 8.80. The lowest BCUT2D eigenvalue weighted by molar-refractivity contribution is 0.610. The number of hydrogen-bond donors (Lipinski definition) is 0. The Morgan fingerprint density at radius 2 is 1.15 bits per heavy atom. The molecule has 0 heterocycles. The van der Waals surface area contributed by atoms with Gasteiger partial charge in [-0.3, -0.25) is 0 Å². The van der Waals surface area contributed by atoms with Crippen molar-refractivity contribution in [2.45, 2.75) is 123 Å². The first-order valence-corrected chi connectivity index (χ1v) is 12.4. The van der Waals surface area contributed by atoms with E-state index in [4.69, 9.17) is 11.6 Å². The van der Waals surface area contributed by atoms with Crippen LogP contribution in [0.15, 0.2) is 24.3 Å². The van der Waals surface area contributed by atoms with Gasteiger partial charge < -0.3 is 0 Å². The van der Waals surface area contributed by atoms with Crippen molar-refractivity contribution in [1.29, 1.82) is 0 Å². The van der Waals surface area contributed by atoms with Crippen LogP contribution < -0.4 is 0 Å². The molecule has 0 N–H and O–H groups in total. The van der Waals surface area contributed by atoms with Gasteiger partial charge in [-0.1, -0.05) is 146 Å². The Morgan fingerprint density at radius 3 is 1.63 bits per heavy atom. The average molecular weight is 391 g/mol. The lowest BCUT2D eigenvalue weighted by Crippen LogP contribution is -2.24. The van der Waals surface area contributed by atoms with Gasteiger partial charge in [0.1, 0.15) is 6.71 Å². The molecule has 1 aromatic rings. The van der Waals surface area contributed by atoms with Crippen molar-refractivity contribution in [1.82, 2.24) is 0 Å². The maximum absolute atomic E-state index is 6.18. The molecule has 1 unspecified atom stereocenters. The van der Waals surface area contributed by atoms with Gasteiger partial charge >= 0.3 is 0 Å². The van der Waals surface area contributed by atoms with Gasteiger partial charge in [0.25, 0.3) is 0 Å². The zero-order chi connectivity index (χ0) is 19.7. The fraction of sp³-hybridized carbons (Fsp3) is 0.760. The van der Waals surface area contributed by atoms with E-state index >= 15 is 0 Å². The summed E-state index contributed by atoms with van der Waals surface area (Å²) in [6.07, 6.45) is 20.7. The standard InChI is InChI=1S/C25H44BCl/c1-4-7-10-13-16-25(23-17-19-24(27)20-18-23)26(21-14-11-8-5-2)22-15-12-9-6-3/h17-20,25H,4-16,21-22H2,1-3H3. The summed E-state index contributed by atoms with van der Waals surface area (Å²) in [5.41, 5.74) is 1.53. The van der Waals surface area contributed by atoms with Gasteiger partial charge in [-0.05, 0) is 17.9 Å². The predicted molar refractivity (Wildman–Crippen MR) is 127 cm³/mol. The van der Waals surface area contributed by atoms with Gasteiger partial charge in [-0.15, -0.1) is 0 Å². The molecule has 0 spiro atoms. The highest BCUT2D eigenvalue weighted by Crippen LogP contribution is 2.32. The lowest BCUT2D eigenvalue weighted by atomic mass is 9.34. The Labute approximate surface area is 175 Å². The largest absolute Gasteiger partial charge is 0.148 e. The molecule has 1 rings (SSSR count). The minimum absolute atomic E-state index is 0.724. The summed E-state index contributed by atoms with van der Waals surface area (Å²) in [5, 5.41) is 0.867. The van der Waals surface area contributed by atoms with Crippen molar-refractivity contribution in [3.63, 3.8) is 0 Å². The third-order valence-corrected chi connectivity index (χ3v) is 6.34. The summed E-state index contributed by atoms with van der Waals surface area (Å²) >= 11 is 6.18. The Bertz CT molecular complexity index is 430. The van der Waals surface area contributed by atoms with Gasteiger partial charge in [-0.2, -0.15) is 0 Å². The lowest BCUT2D eigenvalue weighted by Gasteiger charge is -2.26. The maximum atomic E-state index is 6.18. The highest BCUT2D eigenvalue weighted by molar-refractivity contribution is 6.60. The summed E-state index contributed by atoms with van der Waals surface area (Å²) in [7, 11) is 0. The average Bonchev–Trinajstić information content (AvgIpc) is 2.68. The molecule has 2 heteroatoms. The molecule has 0 saturated carbocycles. The molecule has 0 aliphatic carbocycles. The maximum Gasteiger partial charge on any atom is 0.148 e. The van der Waals surface area contributed by atoms with Gasteiger partial charge in [0.15, 0.2) is 0 Å². The fourth-order valence-corrected chi connectivity index (χ4v) is 4.51. The van der Waals surface area contributed by atoms with E-state index < -0.39 is 0 Å². The van der Waals surface area contributed by atoms with Gasteiger partial charge in [0, 0.05) is 5.02 Å². The minimum atomic E-state index is 0.724. The van der Waals surface area contributed by atoms with Crippen molar-refractivity contribution in [3.8, 4) is 0 Å². The summed E-state index contributed by atoms with van der Waals surface area (Å²) < 4.78 is 0. The predicted octanol–water partition coefficient (Wildman–Crippen LogP) is 9.59. The van der Waals surface area contributed by atoms with Gasteiger partial charge in [-0.25, -0.2) is 0 Å². The summed E-state index contributed by atoms with van der Waals surface area (Å²) in [4.78, 5) is 0. The van der Waals surface area contributed by atoms with Crippen LogP contribution in [0.4, 0.5) is 0 Å². The van der Waals surface area contributed by atoms with Crippen LogP contribution in [0.2, 0.25) is 17.7 Å². The van der Waals surface area contributed by atoms with E-state index in [2.05, 4.69) is 45.0 Å². The SMILES string of the molecule is CCCCCCB(CCCCCC)C(CCCCCC)c1ccc(Cl)cc1. The van der Waals surface area contributed by atoms with Crippen LogP contribution in [0.3, 0.4) is 0 Å². The molecule has 0 nitrogen and oxygen atoms in total. The van der Waals surface area contributed by atoms with Gasteiger partial charge in [0.05, 0.1) is 0 Å². The molecule has 0 aliphatic rings. The monoisotopic (exact) mass is 390 g/mol. The number of hydrogen-bond acceptors (Lipinski definition) is 0. The van der Waals surface area contributed by atoms with E-state index in [1.807, 2.05) is 0 Å². The van der Waals surface area contributed by atoms with E-state index in [9.17, 15) is 0 Å². The van der Waals surface area contributed by atoms with Crippen LogP contribution in [0.1, 0.15) is 116 Å². The number of halogens is 1. The van der Waals surface area contributed by atoms with Gasteiger partial charge in [0.2, 0.25) is 0 Å². The van der Waals surface area contributed by atoms with Crippen molar-refractivity contribution < 1.29 is 0 Å². The summed E-state index contributed by atoms with van der Waals surface area (Å²) in [6.45, 7) is 7.78. The molecule has 0 saturated heterocycles. The third kappa shape index (κ3) is 11.2. The first kappa shape index (κ1) is 24.6. The quantitative estimate of drug-likeness (QED) is 0.183. The first-order valence-electron chi connectivity index (χ1n) is 12.0. The molecule has 0 bridgehead atoms. The third-order valence-electron chi connectivity index (χ3n) is 6.09. The van der Waals surface area contributed by atoms with E-state index in [-0.39, 0.29) is 0 Å². The zero-order valence-corrected chi connectivity index (χ0v) is 19.2. The van der Waals surface area contributed by atoms with Crippen LogP contribution in [0.5, 0.6) is 0 Å². The first-order chi connectivity index (χ1) is 13.2. The molecule has 0 amide bonds. The van der Waals surface area contributed by atoms with Crippen LogP contribution >= 0.6 is 11.6 Å². The summed E-state index contributed by atoms with van der Waals surface area (Å²) in [5.74, 6) is 0.724. The Morgan fingerprint density at radius 1 is 0.667 bits per heavy atom. The molecular weight excluding hydrogens is 347 g/mol. The van der Waals surface area contributed by atoms with Crippen molar-refractivity contribution in [2.75, 3.05) is 0 Å². The molecule has 1 aromatic carbocycles. The Kier molecular flexibility index (Phi) is 15.1. The highest BCUT2D eigenvalue weighted by Gasteiger charge is 2.25. The van der Waals surface area contributed by atoms with E-state index in [0.717, 1.165) is 17.6 Å². The molecule has 0 radical (unpaired) electrons. The number of rotatable bonds is 17. The van der Waals surface area contributed by atoms with Crippen LogP contribution in [-0.4, -0.2) is 6.71 Å². The van der Waals surface area contributed by atoms with Crippen molar-refractivity contribution >= 4 is 18.3 Å². The molecule has 0 aromatic heterocycles. The van der Waals surface area contributed by atoms with Crippen LogP contribution in [0, 0.1) is 0 Å². The topological polar surface area (TPSA) is 0 Å². The van der Waals surface area contributed by atoms with E-state index in [0.29, 0.717) is 0 Å². The van der Waals surface area contributed by atoms with E-state index in [1.165, 1.54) is 102 Å². The normalized spacial score (nSPS) is 12.3. The number of benzene rings is 1. The molecule has 1 atom stereocenters. The van der Waals surface area contributed by atoms with Crippen LogP contribution in [0.25, 0.3) is 0 Å².